The van der Waals surface area contributed by atoms with Crippen molar-refractivity contribution < 1.29 is 33.0 Å². The van der Waals surface area contributed by atoms with Crippen LogP contribution in [0.5, 0.6) is 5.75 Å². The largest absolute Gasteiger partial charge is 0.465 e. The number of nitrogens with one attached hydrogen (secondary N) is 1. The summed E-state index contributed by atoms with van der Waals surface area (Å²) in [5.41, 5.74) is -1.31. The van der Waals surface area contributed by atoms with Crippen LogP contribution in [-0.2, 0) is 23.4 Å². The second-order valence-corrected chi connectivity index (χ2v) is 8.08. The zero-order valence-corrected chi connectivity index (χ0v) is 16.1. The number of aliphatic hydroxyl groups is 1. The molecule has 146 valence electrons. The Bertz CT molecular complexity index is 637. The molecule has 0 aromatic heterocycles. The van der Waals surface area contributed by atoms with Gasteiger partial charge in [0.15, 0.2) is 0 Å². The van der Waals surface area contributed by atoms with Gasteiger partial charge in [0.2, 0.25) is 0 Å². The summed E-state index contributed by atoms with van der Waals surface area (Å²) in [6.07, 6.45) is -0.812. The van der Waals surface area contributed by atoms with Gasteiger partial charge in [-0.3, -0.25) is 9.32 Å². The van der Waals surface area contributed by atoms with Crippen molar-refractivity contribution >= 4 is 13.7 Å². The molecule has 1 fully saturated rings. The molecular weight excluding hydrogens is 361 g/mol. The third-order valence-corrected chi connectivity index (χ3v) is 5.53. The molecule has 1 aliphatic rings. The van der Waals surface area contributed by atoms with Gasteiger partial charge in [0.25, 0.3) is 0 Å². The van der Waals surface area contributed by atoms with Crippen LogP contribution in [0.1, 0.15) is 27.2 Å². The average Bonchev–Trinajstić information content (AvgIpc) is 2.99. The van der Waals surface area contributed by atoms with E-state index in [4.69, 9.17) is 18.5 Å². The van der Waals surface area contributed by atoms with Crippen LogP contribution in [0, 0.1) is 0 Å². The van der Waals surface area contributed by atoms with Gasteiger partial charge in [0, 0.05) is 6.61 Å². The van der Waals surface area contributed by atoms with Crippen molar-refractivity contribution in [2.75, 3.05) is 19.8 Å². The molecule has 3 atom stereocenters. The summed E-state index contributed by atoms with van der Waals surface area (Å²) in [5, 5.41) is 12.5. The highest BCUT2D eigenvalue weighted by Gasteiger charge is 2.41. The molecule has 8 nitrogen and oxygen atoms in total. The van der Waals surface area contributed by atoms with E-state index in [2.05, 4.69) is 5.09 Å². The van der Waals surface area contributed by atoms with Crippen LogP contribution in [0.3, 0.4) is 0 Å². The number of hydrogen-bond acceptors (Lipinski definition) is 7. The molecule has 0 aliphatic carbocycles. The van der Waals surface area contributed by atoms with Gasteiger partial charge >= 0.3 is 13.7 Å². The molecule has 1 aliphatic heterocycles. The van der Waals surface area contributed by atoms with E-state index >= 15 is 0 Å². The molecule has 1 aromatic rings. The van der Waals surface area contributed by atoms with Crippen LogP contribution in [0.25, 0.3) is 0 Å². The highest BCUT2D eigenvalue weighted by Crippen LogP contribution is 2.46. The molecule has 26 heavy (non-hydrogen) atoms. The van der Waals surface area contributed by atoms with Crippen LogP contribution in [-0.4, -0.2) is 48.6 Å². The summed E-state index contributed by atoms with van der Waals surface area (Å²) >= 11 is 0. The Balaban J connectivity index is 2.14. The van der Waals surface area contributed by atoms with E-state index in [-0.39, 0.29) is 13.2 Å². The molecule has 0 saturated carbocycles. The van der Waals surface area contributed by atoms with E-state index in [1.54, 1.807) is 37.3 Å². The van der Waals surface area contributed by atoms with Crippen molar-refractivity contribution in [1.29, 1.82) is 0 Å². The first kappa shape index (κ1) is 20.9. The fraction of sp³-hybridized carbons (Fsp3) is 0.588. The third-order valence-electron chi connectivity index (χ3n) is 3.75. The Morgan fingerprint density at radius 3 is 2.65 bits per heavy atom. The molecule has 0 amide bonds. The van der Waals surface area contributed by atoms with E-state index in [9.17, 15) is 14.5 Å². The number of carbonyl (C=O) groups excluding carboxylic acids is 1. The number of benzene rings is 1. The lowest BCUT2D eigenvalue weighted by molar-refractivity contribution is -0.149. The molecule has 2 unspecified atom stereocenters. The predicted molar refractivity (Wildman–Crippen MR) is 94.8 cm³/mol. The molecule has 2 N–H and O–H groups in total. The molecule has 0 bridgehead atoms. The zero-order chi connectivity index (χ0) is 19.2. The minimum absolute atomic E-state index is 0.142. The minimum atomic E-state index is -3.96. The SMILES string of the molecule is CCOC(=O)C(C)(C)NP(=O)(OCC1OCC[C@H]1O)Oc1ccccc1. The summed E-state index contributed by atoms with van der Waals surface area (Å²) < 4.78 is 34.6. The highest BCUT2D eigenvalue weighted by molar-refractivity contribution is 7.52. The van der Waals surface area contributed by atoms with Crippen LogP contribution in [0.2, 0.25) is 0 Å². The van der Waals surface area contributed by atoms with Gasteiger partial charge in [-0.1, -0.05) is 18.2 Å². The van der Waals surface area contributed by atoms with Crippen LogP contribution in [0.4, 0.5) is 0 Å². The second kappa shape index (κ2) is 8.97. The number of hydrogen-bond donors (Lipinski definition) is 2. The first-order valence-electron chi connectivity index (χ1n) is 8.51. The smallest absolute Gasteiger partial charge is 0.459 e. The van der Waals surface area contributed by atoms with Crippen molar-refractivity contribution in [2.24, 2.45) is 0 Å². The van der Waals surface area contributed by atoms with E-state index in [0.717, 1.165) is 0 Å². The Morgan fingerprint density at radius 1 is 1.38 bits per heavy atom. The van der Waals surface area contributed by atoms with Crippen molar-refractivity contribution in [3.05, 3.63) is 30.3 Å². The van der Waals surface area contributed by atoms with E-state index in [1.165, 1.54) is 13.8 Å². The normalized spacial score (nSPS) is 22.6. The molecule has 0 spiro atoms. The summed E-state index contributed by atoms with van der Waals surface area (Å²) in [5.74, 6) is -0.270. The Morgan fingerprint density at radius 2 is 2.08 bits per heavy atom. The van der Waals surface area contributed by atoms with Gasteiger partial charge in [0.05, 0.1) is 19.3 Å². The summed E-state index contributed by atoms with van der Waals surface area (Å²) in [7, 11) is -3.96. The maximum Gasteiger partial charge on any atom is 0.459 e. The highest BCUT2D eigenvalue weighted by atomic mass is 31.2. The van der Waals surface area contributed by atoms with Crippen LogP contribution in [0.15, 0.2) is 30.3 Å². The fourth-order valence-electron chi connectivity index (χ4n) is 2.37. The molecule has 9 heteroatoms. The van der Waals surface area contributed by atoms with Crippen molar-refractivity contribution in [1.82, 2.24) is 5.09 Å². The lowest BCUT2D eigenvalue weighted by atomic mass is 10.1. The molecular formula is C17H26NO7P. The Kier molecular flexibility index (Phi) is 7.20. The quantitative estimate of drug-likeness (QED) is 0.491. The van der Waals surface area contributed by atoms with Gasteiger partial charge in [-0.15, -0.1) is 0 Å². The molecule has 2 rings (SSSR count). The maximum atomic E-state index is 13.3. The average molecular weight is 387 g/mol. The van der Waals surface area contributed by atoms with E-state index in [0.29, 0.717) is 18.8 Å². The fourth-order valence-corrected chi connectivity index (χ4v) is 4.05. The van der Waals surface area contributed by atoms with E-state index in [1.807, 2.05) is 0 Å². The van der Waals surface area contributed by atoms with Gasteiger partial charge < -0.3 is 19.1 Å². The van der Waals surface area contributed by atoms with Gasteiger partial charge in [-0.05, 0) is 39.3 Å². The first-order valence-corrected chi connectivity index (χ1v) is 10.1. The second-order valence-electron chi connectivity index (χ2n) is 6.42. The van der Waals surface area contributed by atoms with Crippen molar-refractivity contribution in [3.63, 3.8) is 0 Å². The standard InChI is InChI=1S/C17H26NO7P/c1-4-22-16(20)17(2,3)18-26(21,25-13-8-6-5-7-9-13)24-12-15-14(19)10-11-23-15/h5-9,14-15,19H,4,10-12H2,1-3H3,(H,18,21)/t14-,15?,26?/m1/s1. The van der Waals surface area contributed by atoms with Gasteiger partial charge in [-0.2, -0.15) is 5.09 Å². The summed E-state index contributed by atoms with van der Waals surface area (Å²) in [6.45, 7) is 5.19. The maximum absolute atomic E-state index is 13.3. The molecule has 1 heterocycles. The molecule has 0 radical (unpaired) electrons. The van der Waals surface area contributed by atoms with Crippen LogP contribution >= 0.6 is 7.75 Å². The number of aliphatic hydroxyl groups excluding tert-OH is 1. The molecule has 1 saturated heterocycles. The Labute approximate surface area is 153 Å². The predicted octanol–water partition coefficient (Wildman–Crippen LogP) is 2.27. The number of esters is 1. The number of rotatable bonds is 9. The van der Waals surface area contributed by atoms with Crippen molar-refractivity contribution in [2.45, 2.75) is 44.9 Å². The topological polar surface area (TPSA) is 103 Å². The minimum Gasteiger partial charge on any atom is -0.465 e. The first-order chi connectivity index (χ1) is 12.3. The number of ether oxygens (including phenoxy) is 2. The third kappa shape index (κ3) is 5.79. The number of carbonyl (C=O) groups is 1. The number of para-hydroxylation sites is 1. The lowest BCUT2D eigenvalue weighted by Gasteiger charge is -2.29. The Hall–Kier alpha value is -1.44. The van der Waals surface area contributed by atoms with Gasteiger partial charge in [0.1, 0.15) is 17.4 Å². The van der Waals surface area contributed by atoms with Gasteiger partial charge in [-0.25, -0.2) is 4.57 Å². The zero-order valence-electron chi connectivity index (χ0n) is 15.2. The van der Waals surface area contributed by atoms with E-state index < -0.39 is 31.5 Å². The summed E-state index contributed by atoms with van der Waals surface area (Å²) in [6, 6.07) is 8.48. The monoisotopic (exact) mass is 387 g/mol. The van der Waals surface area contributed by atoms with Crippen molar-refractivity contribution in [3.8, 4) is 5.75 Å². The lowest BCUT2D eigenvalue weighted by Crippen LogP contribution is -2.47. The summed E-state index contributed by atoms with van der Waals surface area (Å²) in [4.78, 5) is 12.1. The molecule has 1 aromatic carbocycles. The van der Waals surface area contributed by atoms with Crippen LogP contribution < -0.4 is 9.61 Å².